The standard InChI is InChI=1S/C15H25NO4/c1-14(2,3)20-13(19)16-9-4-6-11(10-16)15(12(17)18)7-5-8-15/h11H,4-10H2,1-3H3,(H,17,18). The van der Waals surface area contributed by atoms with E-state index in [1.165, 1.54) is 0 Å². The van der Waals surface area contributed by atoms with Crippen LogP contribution in [-0.2, 0) is 9.53 Å². The molecule has 0 spiro atoms. The van der Waals surface area contributed by atoms with E-state index in [4.69, 9.17) is 4.74 Å². The Morgan fingerprint density at radius 3 is 2.35 bits per heavy atom. The summed E-state index contributed by atoms with van der Waals surface area (Å²) in [6.45, 7) is 6.72. The highest BCUT2D eigenvalue weighted by Gasteiger charge is 2.51. The molecule has 114 valence electrons. The third kappa shape index (κ3) is 2.91. The molecule has 2 aliphatic rings. The summed E-state index contributed by atoms with van der Waals surface area (Å²) in [4.78, 5) is 25.4. The first-order valence-electron chi connectivity index (χ1n) is 7.46. The lowest BCUT2D eigenvalue weighted by molar-refractivity contribution is -0.162. The fourth-order valence-corrected chi connectivity index (χ4v) is 3.27. The number of piperidine rings is 1. The maximum atomic E-state index is 12.1. The van der Waals surface area contributed by atoms with Crippen molar-refractivity contribution in [2.75, 3.05) is 13.1 Å². The third-order valence-corrected chi connectivity index (χ3v) is 4.53. The number of amides is 1. The molecule has 5 heteroatoms. The van der Waals surface area contributed by atoms with Crippen LogP contribution in [0, 0.1) is 11.3 Å². The number of carboxylic acid groups (broad SMARTS) is 1. The van der Waals surface area contributed by atoms with Gasteiger partial charge in [-0.2, -0.15) is 0 Å². The first-order valence-corrected chi connectivity index (χ1v) is 7.46. The Morgan fingerprint density at radius 2 is 1.90 bits per heavy atom. The average molecular weight is 283 g/mol. The molecule has 0 bridgehead atoms. The van der Waals surface area contributed by atoms with Crippen molar-refractivity contribution in [1.29, 1.82) is 0 Å². The zero-order valence-electron chi connectivity index (χ0n) is 12.6. The number of aliphatic carboxylic acids is 1. The van der Waals surface area contributed by atoms with E-state index in [-0.39, 0.29) is 12.0 Å². The van der Waals surface area contributed by atoms with Crippen LogP contribution in [0.1, 0.15) is 52.9 Å². The molecule has 0 radical (unpaired) electrons. The van der Waals surface area contributed by atoms with Gasteiger partial charge in [0.25, 0.3) is 0 Å². The quantitative estimate of drug-likeness (QED) is 0.846. The van der Waals surface area contributed by atoms with E-state index in [1.807, 2.05) is 20.8 Å². The van der Waals surface area contributed by atoms with E-state index in [2.05, 4.69) is 0 Å². The molecule has 1 aliphatic carbocycles. The lowest BCUT2D eigenvalue weighted by Crippen LogP contribution is -2.52. The average Bonchev–Trinajstić information content (AvgIpc) is 2.25. The minimum absolute atomic E-state index is 0.0648. The molecule has 0 aromatic carbocycles. The monoisotopic (exact) mass is 283 g/mol. The van der Waals surface area contributed by atoms with E-state index < -0.39 is 17.0 Å². The Balaban J connectivity index is 2.02. The van der Waals surface area contributed by atoms with Gasteiger partial charge in [-0.1, -0.05) is 6.42 Å². The van der Waals surface area contributed by atoms with Crippen molar-refractivity contribution in [3.63, 3.8) is 0 Å². The number of nitrogens with zero attached hydrogens (tertiary/aromatic N) is 1. The second-order valence-corrected chi connectivity index (χ2v) is 7.08. The highest BCUT2D eigenvalue weighted by Crippen LogP contribution is 2.50. The zero-order valence-corrected chi connectivity index (χ0v) is 12.6. The Bertz CT molecular complexity index is 395. The lowest BCUT2D eigenvalue weighted by atomic mass is 9.59. The van der Waals surface area contributed by atoms with E-state index in [0.717, 1.165) is 32.1 Å². The van der Waals surface area contributed by atoms with E-state index in [9.17, 15) is 14.7 Å². The third-order valence-electron chi connectivity index (χ3n) is 4.53. The van der Waals surface area contributed by atoms with Crippen LogP contribution in [-0.4, -0.2) is 40.8 Å². The summed E-state index contributed by atoms with van der Waals surface area (Å²) < 4.78 is 5.39. The summed E-state index contributed by atoms with van der Waals surface area (Å²) in [5.41, 5.74) is -1.11. The van der Waals surface area contributed by atoms with Crippen LogP contribution < -0.4 is 0 Å². The van der Waals surface area contributed by atoms with Crippen LogP contribution >= 0.6 is 0 Å². The summed E-state index contributed by atoms with van der Waals surface area (Å²) >= 11 is 0. The minimum Gasteiger partial charge on any atom is -0.481 e. The highest BCUT2D eigenvalue weighted by atomic mass is 16.6. The lowest BCUT2D eigenvalue weighted by Gasteiger charge is -2.47. The summed E-state index contributed by atoms with van der Waals surface area (Å²) in [6.07, 6.45) is 3.91. The molecule has 1 aliphatic heterocycles. The number of carbonyl (C=O) groups is 2. The number of hydrogen-bond donors (Lipinski definition) is 1. The molecule has 20 heavy (non-hydrogen) atoms. The Kier molecular flexibility index (Phi) is 3.98. The SMILES string of the molecule is CC(C)(C)OC(=O)N1CCCC(C2(C(=O)O)CCC2)C1. The number of rotatable bonds is 2. The molecule has 0 aromatic heterocycles. The predicted molar refractivity (Wildman–Crippen MR) is 74.5 cm³/mol. The van der Waals surface area contributed by atoms with Crippen LogP contribution in [0.4, 0.5) is 4.79 Å². The van der Waals surface area contributed by atoms with Crippen LogP contribution in [0.5, 0.6) is 0 Å². The molecule has 1 unspecified atom stereocenters. The van der Waals surface area contributed by atoms with E-state index in [1.54, 1.807) is 4.90 Å². The van der Waals surface area contributed by atoms with Crippen LogP contribution in [0.15, 0.2) is 0 Å². The molecule has 5 nitrogen and oxygen atoms in total. The minimum atomic E-state index is -0.695. The predicted octanol–water partition coefficient (Wildman–Crippen LogP) is 2.89. The van der Waals surface area contributed by atoms with Gasteiger partial charge in [0, 0.05) is 13.1 Å². The fraction of sp³-hybridized carbons (Fsp3) is 0.867. The van der Waals surface area contributed by atoms with Gasteiger partial charge in [-0.25, -0.2) is 4.79 Å². The number of carboxylic acids is 1. The van der Waals surface area contributed by atoms with Crippen LogP contribution in [0.2, 0.25) is 0 Å². The molecule has 1 heterocycles. The Hall–Kier alpha value is -1.26. The highest BCUT2D eigenvalue weighted by molar-refractivity contribution is 5.76. The molecular weight excluding hydrogens is 258 g/mol. The number of carbonyl (C=O) groups excluding carboxylic acids is 1. The van der Waals surface area contributed by atoms with Crippen molar-refractivity contribution in [3.8, 4) is 0 Å². The van der Waals surface area contributed by atoms with E-state index >= 15 is 0 Å². The Labute approximate surface area is 120 Å². The van der Waals surface area contributed by atoms with Crippen LogP contribution in [0.25, 0.3) is 0 Å². The molecule has 1 N–H and O–H groups in total. The van der Waals surface area contributed by atoms with Gasteiger partial charge < -0.3 is 14.7 Å². The molecule has 2 fully saturated rings. The number of hydrogen-bond acceptors (Lipinski definition) is 3. The van der Waals surface area contributed by atoms with Crippen molar-refractivity contribution in [3.05, 3.63) is 0 Å². The first-order chi connectivity index (χ1) is 9.24. The van der Waals surface area contributed by atoms with Crippen molar-refractivity contribution < 1.29 is 19.4 Å². The van der Waals surface area contributed by atoms with E-state index in [0.29, 0.717) is 13.1 Å². The maximum Gasteiger partial charge on any atom is 0.410 e. The van der Waals surface area contributed by atoms with Crippen molar-refractivity contribution >= 4 is 12.1 Å². The van der Waals surface area contributed by atoms with Crippen molar-refractivity contribution in [2.45, 2.75) is 58.5 Å². The largest absolute Gasteiger partial charge is 0.481 e. The topological polar surface area (TPSA) is 66.8 Å². The molecule has 1 amide bonds. The Morgan fingerprint density at radius 1 is 1.25 bits per heavy atom. The number of ether oxygens (including phenoxy) is 1. The zero-order chi connectivity index (χ0) is 15.0. The van der Waals surface area contributed by atoms with Gasteiger partial charge in [-0.3, -0.25) is 4.79 Å². The second kappa shape index (κ2) is 5.26. The smallest absolute Gasteiger partial charge is 0.410 e. The molecule has 2 rings (SSSR count). The molecule has 1 atom stereocenters. The summed E-state index contributed by atoms with van der Waals surface area (Å²) in [5.74, 6) is -0.630. The van der Waals surface area contributed by atoms with Gasteiger partial charge in [0.1, 0.15) is 5.60 Å². The van der Waals surface area contributed by atoms with Crippen LogP contribution in [0.3, 0.4) is 0 Å². The van der Waals surface area contributed by atoms with Gasteiger partial charge in [0.05, 0.1) is 5.41 Å². The van der Waals surface area contributed by atoms with Gasteiger partial charge in [-0.05, 0) is 52.4 Å². The fourth-order valence-electron chi connectivity index (χ4n) is 3.27. The van der Waals surface area contributed by atoms with Gasteiger partial charge in [-0.15, -0.1) is 0 Å². The van der Waals surface area contributed by atoms with Crippen molar-refractivity contribution in [1.82, 2.24) is 4.90 Å². The normalized spacial score (nSPS) is 25.8. The maximum absolute atomic E-state index is 12.1. The summed E-state index contributed by atoms with van der Waals surface area (Å²) in [5, 5.41) is 9.51. The first kappa shape index (κ1) is 15.1. The second-order valence-electron chi connectivity index (χ2n) is 7.08. The molecule has 0 aromatic rings. The van der Waals surface area contributed by atoms with Gasteiger partial charge in [0.2, 0.25) is 0 Å². The number of likely N-dealkylation sites (tertiary alicyclic amines) is 1. The molecule has 1 saturated carbocycles. The molecular formula is C15H25NO4. The van der Waals surface area contributed by atoms with Gasteiger partial charge >= 0.3 is 12.1 Å². The molecule has 1 saturated heterocycles. The van der Waals surface area contributed by atoms with Gasteiger partial charge in [0.15, 0.2) is 0 Å². The summed E-state index contributed by atoms with van der Waals surface area (Å²) in [6, 6.07) is 0. The van der Waals surface area contributed by atoms with Crippen molar-refractivity contribution in [2.24, 2.45) is 11.3 Å². The summed E-state index contributed by atoms with van der Waals surface area (Å²) in [7, 11) is 0.